The number of halogens is 1. The van der Waals surface area contributed by atoms with Gasteiger partial charge in [-0.25, -0.2) is 4.39 Å². The summed E-state index contributed by atoms with van der Waals surface area (Å²) in [6.07, 6.45) is 0. The monoisotopic (exact) mass is 252 g/mol. The second kappa shape index (κ2) is 4.86. The second-order valence-corrected chi connectivity index (χ2v) is 5.73. The number of phenols is 1. The fraction of sp³-hybridized carbons (Fsp3) is 0.571. The van der Waals surface area contributed by atoms with Crippen molar-refractivity contribution in [3.63, 3.8) is 0 Å². The molecule has 2 rings (SSSR count). The Hall–Kier alpha value is -1.13. The third-order valence-corrected chi connectivity index (χ3v) is 3.81. The van der Waals surface area contributed by atoms with Crippen LogP contribution in [0.4, 0.5) is 4.39 Å². The first-order valence-corrected chi connectivity index (χ1v) is 6.29. The molecule has 0 atom stereocenters. The maximum absolute atomic E-state index is 13.3. The van der Waals surface area contributed by atoms with Gasteiger partial charge in [0.15, 0.2) is 11.6 Å². The zero-order valence-corrected chi connectivity index (χ0v) is 11.3. The van der Waals surface area contributed by atoms with Crippen molar-refractivity contribution in [2.45, 2.75) is 25.9 Å². The molecule has 0 unspecified atom stereocenters. The average molecular weight is 252 g/mol. The first-order valence-electron chi connectivity index (χ1n) is 6.29. The maximum atomic E-state index is 13.3. The Morgan fingerprint density at radius 1 is 1.33 bits per heavy atom. The van der Waals surface area contributed by atoms with Crippen LogP contribution < -0.4 is 0 Å². The predicted octanol–water partition coefficient (Wildman–Crippen LogP) is 2.06. The lowest BCUT2D eigenvalue weighted by atomic mass is 9.99. The van der Waals surface area contributed by atoms with Gasteiger partial charge in [-0.3, -0.25) is 9.80 Å². The van der Waals surface area contributed by atoms with E-state index in [2.05, 4.69) is 30.7 Å². The van der Waals surface area contributed by atoms with Gasteiger partial charge in [0.05, 0.1) is 0 Å². The van der Waals surface area contributed by atoms with Gasteiger partial charge in [-0.05, 0) is 38.6 Å². The normalized spacial score (nSPS) is 21.1. The first kappa shape index (κ1) is 13.3. The Bertz CT molecular complexity index is 434. The zero-order chi connectivity index (χ0) is 13.3. The quantitative estimate of drug-likeness (QED) is 0.872. The summed E-state index contributed by atoms with van der Waals surface area (Å²) in [6, 6.07) is 4.62. The van der Waals surface area contributed by atoms with E-state index in [-0.39, 0.29) is 11.3 Å². The van der Waals surface area contributed by atoms with Gasteiger partial charge in [-0.2, -0.15) is 0 Å². The highest BCUT2D eigenvalue weighted by molar-refractivity contribution is 5.28. The second-order valence-electron chi connectivity index (χ2n) is 5.73. The van der Waals surface area contributed by atoms with Gasteiger partial charge in [-0.1, -0.05) is 6.07 Å². The molecule has 0 spiro atoms. The SMILES string of the molecule is CN1CCN(Cc2ccc(O)c(F)c2)CC1(C)C. The Morgan fingerprint density at radius 3 is 2.67 bits per heavy atom. The Labute approximate surface area is 108 Å². The third kappa shape index (κ3) is 2.82. The molecule has 3 nitrogen and oxygen atoms in total. The van der Waals surface area contributed by atoms with E-state index in [4.69, 9.17) is 0 Å². The molecular formula is C14H21FN2O. The summed E-state index contributed by atoms with van der Waals surface area (Å²) in [5.41, 5.74) is 1.05. The molecule has 1 heterocycles. The topological polar surface area (TPSA) is 26.7 Å². The smallest absolute Gasteiger partial charge is 0.165 e. The van der Waals surface area contributed by atoms with Gasteiger partial charge < -0.3 is 5.11 Å². The molecule has 100 valence electrons. The molecule has 0 saturated carbocycles. The molecule has 0 aliphatic carbocycles. The summed E-state index contributed by atoms with van der Waals surface area (Å²) in [6.45, 7) is 8.14. The Morgan fingerprint density at radius 2 is 2.06 bits per heavy atom. The van der Waals surface area contributed by atoms with E-state index in [1.165, 1.54) is 12.1 Å². The van der Waals surface area contributed by atoms with Crippen molar-refractivity contribution in [1.29, 1.82) is 0 Å². The molecule has 1 aliphatic rings. The fourth-order valence-corrected chi connectivity index (χ4v) is 2.38. The summed E-state index contributed by atoms with van der Waals surface area (Å²) < 4.78 is 13.3. The van der Waals surface area contributed by atoms with Crippen LogP contribution >= 0.6 is 0 Å². The summed E-state index contributed by atoms with van der Waals surface area (Å²) in [4.78, 5) is 4.67. The number of phenolic OH excluding ortho intramolecular Hbond substituents is 1. The minimum Gasteiger partial charge on any atom is -0.505 e. The summed E-state index contributed by atoms with van der Waals surface area (Å²) in [7, 11) is 2.14. The number of rotatable bonds is 2. The number of nitrogens with zero attached hydrogens (tertiary/aromatic N) is 2. The minimum absolute atomic E-state index is 0.147. The lowest BCUT2D eigenvalue weighted by molar-refractivity contribution is 0.0359. The van der Waals surface area contributed by atoms with Crippen molar-refractivity contribution in [3.8, 4) is 5.75 Å². The van der Waals surface area contributed by atoms with Gasteiger partial charge in [-0.15, -0.1) is 0 Å². The van der Waals surface area contributed by atoms with Crippen LogP contribution in [0.25, 0.3) is 0 Å². The molecule has 0 aromatic heterocycles. The van der Waals surface area contributed by atoms with Crippen LogP contribution in [-0.2, 0) is 6.54 Å². The van der Waals surface area contributed by atoms with Gasteiger partial charge in [0.1, 0.15) is 0 Å². The molecule has 1 aromatic carbocycles. The highest BCUT2D eigenvalue weighted by Crippen LogP contribution is 2.22. The lowest BCUT2D eigenvalue weighted by Crippen LogP contribution is -2.57. The van der Waals surface area contributed by atoms with Crippen molar-refractivity contribution < 1.29 is 9.50 Å². The molecule has 0 amide bonds. The highest BCUT2D eigenvalue weighted by Gasteiger charge is 2.30. The average Bonchev–Trinajstić information content (AvgIpc) is 2.28. The predicted molar refractivity (Wildman–Crippen MR) is 70.1 cm³/mol. The molecule has 1 N–H and O–H groups in total. The van der Waals surface area contributed by atoms with Gasteiger partial charge >= 0.3 is 0 Å². The molecule has 1 saturated heterocycles. The van der Waals surface area contributed by atoms with Crippen LogP contribution in [0, 0.1) is 5.82 Å². The van der Waals surface area contributed by atoms with Crippen molar-refractivity contribution in [3.05, 3.63) is 29.6 Å². The van der Waals surface area contributed by atoms with Crippen molar-refractivity contribution in [1.82, 2.24) is 9.80 Å². The fourth-order valence-electron chi connectivity index (χ4n) is 2.38. The van der Waals surface area contributed by atoms with Crippen LogP contribution in [0.1, 0.15) is 19.4 Å². The van der Waals surface area contributed by atoms with E-state index in [0.29, 0.717) is 0 Å². The van der Waals surface area contributed by atoms with Crippen LogP contribution in [0.15, 0.2) is 18.2 Å². The molecule has 18 heavy (non-hydrogen) atoms. The van der Waals surface area contributed by atoms with E-state index >= 15 is 0 Å². The van der Waals surface area contributed by atoms with Crippen molar-refractivity contribution >= 4 is 0 Å². The number of hydrogen-bond donors (Lipinski definition) is 1. The number of piperazine rings is 1. The molecule has 0 radical (unpaired) electrons. The largest absolute Gasteiger partial charge is 0.505 e. The van der Waals surface area contributed by atoms with E-state index in [0.717, 1.165) is 31.7 Å². The van der Waals surface area contributed by atoms with Gasteiger partial charge in [0.25, 0.3) is 0 Å². The van der Waals surface area contributed by atoms with Crippen LogP contribution in [0.5, 0.6) is 5.75 Å². The lowest BCUT2D eigenvalue weighted by Gasteiger charge is -2.45. The summed E-state index contributed by atoms with van der Waals surface area (Å²) >= 11 is 0. The van der Waals surface area contributed by atoms with Crippen LogP contribution in [0.3, 0.4) is 0 Å². The number of likely N-dealkylation sites (N-methyl/N-ethyl adjacent to an activating group) is 1. The van der Waals surface area contributed by atoms with E-state index in [1.54, 1.807) is 6.07 Å². The van der Waals surface area contributed by atoms with Crippen molar-refractivity contribution in [2.75, 3.05) is 26.7 Å². The molecule has 1 fully saturated rings. The Kier molecular flexibility index (Phi) is 3.59. The molecule has 1 aliphatic heterocycles. The van der Waals surface area contributed by atoms with E-state index < -0.39 is 5.82 Å². The van der Waals surface area contributed by atoms with Crippen LogP contribution in [-0.4, -0.2) is 47.1 Å². The van der Waals surface area contributed by atoms with E-state index in [1.807, 2.05) is 0 Å². The standard InChI is InChI=1S/C14H21FN2O/c1-14(2)10-17(7-6-16(14)3)9-11-4-5-13(18)12(15)8-11/h4-5,8,18H,6-7,9-10H2,1-3H3. The molecule has 1 aromatic rings. The number of benzene rings is 1. The van der Waals surface area contributed by atoms with E-state index in [9.17, 15) is 9.50 Å². The molecule has 0 bridgehead atoms. The van der Waals surface area contributed by atoms with Crippen LogP contribution in [0.2, 0.25) is 0 Å². The van der Waals surface area contributed by atoms with Crippen molar-refractivity contribution in [2.24, 2.45) is 0 Å². The third-order valence-electron chi connectivity index (χ3n) is 3.81. The molecule has 4 heteroatoms. The summed E-state index contributed by atoms with van der Waals surface area (Å²) in [5, 5.41) is 9.17. The zero-order valence-electron chi connectivity index (χ0n) is 11.3. The highest BCUT2D eigenvalue weighted by atomic mass is 19.1. The number of hydrogen-bond acceptors (Lipinski definition) is 3. The minimum atomic E-state index is -0.541. The Balaban J connectivity index is 2.04. The summed E-state index contributed by atoms with van der Waals surface area (Å²) in [5.74, 6) is -0.821. The first-order chi connectivity index (χ1) is 8.38. The van der Waals surface area contributed by atoms with Gasteiger partial charge in [0.2, 0.25) is 0 Å². The number of aromatic hydroxyl groups is 1. The maximum Gasteiger partial charge on any atom is 0.165 e. The van der Waals surface area contributed by atoms with Gasteiger partial charge in [0, 0.05) is 31.7 Å². The molecular weight excluding hydrogens is 231 g/mol.